The Hall–Kier alpha value is -1.42. The van der Waals surface area contributed by atoms with Crippen molar-refractivity contribution in [3.8, 4) is 0 Å². The monoisotopic (exact) mass is 260 g/mol. The predicted octanol–water partition coefficient (Wildman–Crippen LogP) is 2.30. The zero-order valence-electron chi connectivity index (χ0n) is 11.0. The molecule has 102 valence electrons. The molecule has 1 aliphatic carbocycles. The maximum atomic E-state index is 11.5. The van der Waals surface area contributed by atoms with E-state index in [1.54, 1.807) is 6.20 Å². The Bertz CT molecular complexity index is 449. The summed E-state index contributed by atoms with van der Waals surface area (Å²) in [7, 11) is 0. The lowest BCUT2D eigenvalue weighted by molar-refractivity contribution is -0.142. The molecule has 4 heteroatoms. The van der Waals surface area contributed by atoms with E-state index in [1.807, 2.05) is 18.3 Å². The zero-order chi connectivity index (χ0) is 13.2. The van der Waals surface area contributed by atoms with E-state index in [-0.39, 0.29) is 6.04 Å². The van der Waals surface area contributed by atoms with Crippen LogP contribution in [0.4, 0.5) is 0 Å². The number of fused-ring (bicyclic) bond motifs is 1. The van der Waals surface area contributed by atoms with Gasteiger partial charge in [-0.15, -0.1) is 0 Å². The quantitative estimate of drug-likeness (QED) is 0.906. The summed E-state index contributed by atoms with van der Waals surface area (Å²) in [4.78, 5) is 17.8. The molecule has 2 fully saturated rings. The van der Waals surface area contributed by atoms with Gasteiger partial charge in [0.15, 0.2) is 0 Å². The van der Waals surface area contributed by atoms with Gasteiger partial charge in [0.05, 0.1) is 0 Å². The van der Waals surface area contributed by atoms with Gasteiger partial charge in [-0.1, -0.05) is 18.9 Å². The van der Waals surface area contributed by atoms with E-state index in [2.05, 4.69) is 9.88 Å². The molecule has 0 amide bonds. The first-order valence-electron chi connectivity index (χ1n) is 7.13. The standard InChI is InChI=1S/C15H20N2O2/c18-15(19)14-8-12-5-1-2-6-13(12)17(14)10-11-4-3-7-16-9-11/h3-4,7,9,12-14H,1-2,5-6,8,10H2,(H,18,19)/t12-,13+,14-/m0/s1. The molecule has 4 nitrogen and oxygen atoms in total. The van der Waals surface area contributed by atoms with Crippen LogP contribution in [0.25, 0.3) is 0 Å². The Labute approximate surface area is 113 Å². The second kappa shape index (κ2) is 5.29. The van der Waals surface area contributed by atoms with E-state index >= 15 is 0 Å². The molecule has 1 N–H and O–H groups in total. The molecule has 1 aromatic rings. The minimum Gasteiger partial charge on any atom is -0.480 e. The third kappa shape index (κ3) is 2.50. The van der Waals surface area contributed by atoms with E-state index < -0.39 is 5.97 Å². The number of nitrogens with zero attached hydrogens (tertiary/aromatic N) is 2. The van der Waals surface area contributed by atoms with Gasteiger partial charge in [-0.25, -0.2) is 0 Å². The summed E-state index contributed by atoms with van der Waals surface area (Å²) < 4.78 is 0. The molecule has 1 saturated carbocycles. The number of rotatable bonds is 3. The number of aromatic nitrogens is 1. The highest BCUT2D eigenvalue weighted by molar-refractivity contribution is 5.74. The first kappa shape index (κ1) is 12.6. The normalized spacial score (nSPS) is 31.1. The average Bonchev–Trinajstić information content (AvgIpc) is 2.79. The van der Waals surface area contributed by atoms with Crippen molar-refractivity contribution in [1.29, 1.82) is 0 Å². The van der Waals surface area contributed by atoms with Crippen molar-refractivity contribution in [2.24, 2.45) is 5.92 Å². The van der Waals surface area contributed by atoms with Crippen molar-refractivity contribution in [3.63, 3.8) is 0 Å². The molecule has 1 aliphatic heterocycles. The molecule has 2 heterocycles. The number of carbonyl (C=O) groups is 1. The predicted molar refractivity (Wildman–Crippen MR) is 71.6 cm³/mol. The van der Waals surface area contributed by atoms with E-state index in [0.29, 0.717) is 18.5 Å². The number of hydrogen-bond acceptors (Lipinski definition) is 3. The molecule has 0 aromatic carbocycles. The van der Waals surface area contributed by atoms with Crippen molar-refractivity contribution in [2.45, 2.75) is 50.7 Å². The van der Waals surface area contributed by atoms with E-state index in [9.17, 15) is 9.90 Å². The van der Waals surface area contributed by atoms with Crippen LogP contribution in [-0.2, 0) is 11.3 Å². The molecular formula is C15H20N2O2. The second-order valence-corrected chi connectivity index (χ2v) is 5.74. The van der Waals surface area contributed by atoms with Gasteiger partial charge in [0.25, 0.3) is 0 Å². The summed E-state index contributed by atoms with van der Waals surface area (Å²) in [5, 5.41) is 9.45. The summed E-state index contributed by atoms with van der Waals surface area (Å²) in [5.74, 6) is -0.0928. The summed E-state index contributed by atoms with van der Waals surface area (Å²) in [5.41, 5.74) is 1.11. The van der Waals surface area contributed by atoms with Crippen molar-refractivity contribution in [3.05, 3.63) is 30.1 Å². The molecule has 2 aliphatic rings. The lowest BCUT2D eigenvalue weighted by Crippen LogP contribution is -2.41. The Morgan fingerprint density at radius 1 is 1.42 bits per heavy atom. The highest BCUT2D eigenvalue weighted by Crippen LogP contribution is 2.40. The van der Waals surface area contributed by atoms with Gasteiger partial charge in [0, 0.05) is 25.0 Å². The number of hydrogen-bond donors (Lipinski definition) is 1. The van der Waals surface area contributed by atoms with E-state index in [1.165, 1.54) is 19.3 Å². The topological polar surface area (TPSA) is 53.4 Å². The number of carboxylic acids is 1. The Morgan fingerprint density at radius 3 is 3.00 bits per heavy atom. The zero-order valence-corrected chi connectivity index (χ0v) is 11.0. The Balaban J connectivity index is 1.80. The second-order valence-electron chi connectivity index (χ2n) is 5.74. The lowest BCUT2D eigenvalue weighted by Gasteiger charge is -2.32. The van der Waals surface area contributed by atoms with Crippen LogP contribution in [-0.4, -0.2) is 33.0 Å². The third-order valence-corrected chi connectivity index (χ3v) is 4.59. The number of pyridine rings is 1. The molecule has 0 unspecified atom stereocenters. The maximum absolute atomic E-state index is 11.5. The van der Waals surface area contributed by atoms with Crippen molar-refractivity contribution < 1.29 is 9.90 Å². The Morgan fingerprint density at radius 2 is 2.26 bits per heavy atom. The van der Waals surface area contributed by atoms with E-state index in [0.717, 1.165) is 18.4 Å². The minimum absolute atomic E-state index is 0.312. The number of carboxylic acid groups (broad SMARTS) is 1. The molecule has 3 rings (SSSR count). The first-order chi connectivity index (χ1) is 9.25. The summed E-state index contributed by atoms with van der Waals surface area (Å²) in [6, 6.07) is 4.09. The van der Waals surface area contributed by atoms with Gasteiger partial charge in [0.2, 0.25) is 0 Å². The van der Waals surface area contributed by atoms with Crippen LogP contribution >= 0.6 is 0 Å². The third-order valence-electron chi connectivity index (χ3n) is 4.59. The molecule has 1 saturated heterocycles. The van der Waals surface area contributed by atoms with Crippen LogP contribution < -0.4 is 0 Å². The van der Waals surface area contributed by atoms with Crippen LogP contribution in [0.5, 0.6) is 0 Å². The van der Waals surface area contributed by atoms with Gasteiger partial charge in [-0.3, -0.25) is 14.7 Å². The fourth-order valence-corrected chi connectivity index (χ4v) is 3.73. The highest BCUT2D eigenvalue weighted by Gasteiger charge is 2.44. The smallest absolute Gasteiger partial charge is 0.320 e. The molecule has 1 aromatic heterocycles. The molecule has 0 spiro atoms. The largest absolute Gasteiger partial charge is 0.480 e. The summed E-state index contributed by atoms with van der Waals surface area (Å²) >= 11 is 0. The molecule has 0 radical (unpaired) electrons. The number of aliphatic carboxylic acids is 1. The van der Waals surface area contributed by atoms with Crippen LogP contribution in [0.1, 0.15) is 37.7 Å². The van der Waals surface area contributed by atoms with E-state index in [4.69, 9.17) is 0 Å². The van der Waals surface area contributed by atoms with Crippen molar-refractivity contribution >= 4 is 5.97 Å². The SMILES string of the molecule is O=C(O)[C@@H]1C[C@@H]2CCCC[C@H]2N1Cc1cccnc1. The van der Waals surface area contributed by atoms with Crippen LogP contribution in [0.2, 0.25) is 0 Å². The maximum Gasteiger partial charge on any atom is 0.320 e. The lowest BCUT2D eigenvalue weighted by atomic mass is 9.84. The molecule has 19 heavy (non-hydrogen) atoms. The Kier molecular flexibility index (Phi) is 3.51. The number of likely N-dealkylation sites (tertiary alicyclic amines) is 1. The fourth-order valence-electron chi connectivity index (χ4n) is 3.73. The molecule has 3 atom stereocenters. The molecular weight excluding hydrogens is 240 g/mol. The minimum atomic E-state index is -0.668. The van der Waals surface area contributed by atoms with Crippen LogP contribution in [0.15, 0.2) is 24.5 Å². The van der Waals surface area contributed by atoms with Gasteiger partial charge >= 0.3 is 5.97 Å². The van der Waals surface area contributed by atoms with Gasteiger partial charge < -0.3 is 5.11 Å². The van der Waals surface area contributed by atoms with Gasteiger partial charge in [-0.2, -0.15) is 0 Å². The van der Waals surface area contributed by atoms with Crippen LogP contribution in [0, 0.1) is 5.92 Å². The summed E-state index contributed by atoms with van der Waals surface area (Å²) in [6.07, 6.45) is 9.25. The van der Waals surface area contributed by atoms with Gasteiger partial charge in [-0.05, 0) is 36.8 Å². The van der Waals surface area contributed by atoms with Crippen molar-refractivity contribution in [1.82, 2.24) is 9.88 Å². The highest BCUT2D eigenvalue weighted by atomic mass is 16.4. The van der Waals surface area contributed by atoms with Crippen LogP contribution in [0.3, 0.4) is 0 Å². The fraction of sp³-hybridized carbons (Fsp3) is 0.600. The average molecular weight is 260 g/mol. The van der Waals surface area contributed by atoms with Crippen molar-refractivity contribution in [2.75, 3.05) is 0 Å². The van der Waals surface area contributed by atoms with Gasteiger partial charge in [0.1, 0.15) is 6.04 Å². The molecule has 0 bridgehead atoms. The summed E-state index contributed by atoms with van der Waals surface area (Å²) in [6.45, 7) is 0.714. The first-order valence-corrected chi connectivity index (χ1v) is 7.13.